The van der Waals surface area contributed by atoms with Crippen molar-refractivity contribution in [2.24, 2.45) is 0 Å². The zero-order valence-electron chi connectivity index (χ0n) is 10.6. The van der Waals surface area contributed by atoms with Crippen LogP contribution in [-0.2, 0) is 6.42 Å². The van der Waals surface area contributed by atoms with Crippen molar-refractivity contribution in [2.75, 3.05) is 6.61 Å². The Hall–Kier alpha value is -1.32. The van der Waals surface area contributed by atoms with Gasteiger partial charge in [0, 0.05) is 18.6 Å². The predicted octanol–water partition coefficient (Wildman–Crippen LogP) is 3.39. The van der Waals surface area contributed by atoms with E-state index in [9.17, 15) is 0 Å². The number of aromatic nitrogens is 2. The summed E-state index contributed by atoms with van der Waals surface area (Å²) < 4.78 is 0. The van der Waals surface area contributed by atoms with E-state index in [0.29, 0.717) is 17.5 Å². The van der Waals surface area contributed by atoms with Gasteiger partial charge >= 0.3 is 0 Å². The van der Waals surface area contributed by atoms with Crippen LogP contribution < -0.4 is 0 Å². The number of nitrogens with zero attached hydrogens (tertiary/aromatic N) is 1. The molecule has 1 heterocycles. The first-order chi connectivity index (χ1) is 8.61. The maximum Gasteiger partial charge on any atom is 0.150 e. The van der Waals surface area contributed by atoms with Gasteiger partial charge in [0.05, 0.1) is 5.69 Å². The number of nitrogens with one attached hydrogen (secondary N) is 1. The van der Waals surface area contributed by atoms with Crippen LogP contribution in [0.15, 0.2) is 24.3 Å². The highest BCUT2D eigenvalue weighted by molar-refractivity contribution is 6.30. The number of H-pyrrole nitrogens is 1. The minimum absolute atomic E-state index is 0.0631. The summed E-state index contributed by atoms with van der Waals surface area (Å²) in [5.41, 5.74) is 3.08. The molecule has 0 saturated heterocycles. The van der Waals surface area contributed by atoms with Gasteiger partial charge in [0.2, 0.25) is 0 Å². The highest BCUT2D eigenvalue weighted by Crippen LogP contribution is 2.23. The third-order valence-corrected chi connectivity index (χ3v) is 3.25. The van der Waals surface area contributed by atoms with E-state index in [4.69, 9.17) is 16.7 Å². The van der Waals surface area contributed by atoms with Crippen LogP contribution in [0, 0.1) is 0 Å². The summed E-state index contributed by atoms with van der Waals surface area (Å²) in [4.78, 5) is 7.42. The van der Waals surface area contributed by atoms with Gasteiger partial charge in [-0.15, -0.1) is 0 Å². The molecule has 3 nitrogen and oxygen atoms in total. The van der Waals surface area contributed by atoms with Gasteiger partial charge in [-0.05, 0) is 11.5 Å². The SMILES string of the molecule is CC(C)c1ccc(-c2nc(Cl)c(CCO)[nH]2)cc1. The Morgan fingerprint density at radius 3 is 2.50 bits per heavy atom. The minimum atomic E-state index is 0.0631. The normalized spacial score (nSPS) is 11.2. The molecule has 0 aliphatic rings. The molecule has 0 aliphatic carbocycles. The lowest BCUT2D eigenvalue weighted by Crippen LogP contribution is -1.91. The van der Waals surface area contributed by atoms with E-state index in [0.717, 1.165) is 17.1 Å². The van der Waals surface area contributed by atoms with Gasteiger partial charge in [-0.3, -0.25) is 0 Å². The zero-order valence-corrected chi connectivity index (χ0v) is 11.3. The molecule has 1 aromatic carbocycles. The van der Waals surface area contributed by atoms with Gasteiger partial charge in [0.15, 0.2) is 5.15 Å². The number of hydrogen-bond donors (Lipinski definition) is 2. The number of imidazole rings is 1. The van der Waals surface area contributed by atoms with Crippen LogP contribution in [0.2, 0.25) is 5.15 Å². The van der Waals surface area contributed by atoms with Crippen molar-refractivity contribution in [3.8, 4) is 11.4 Å². The fourth-order valence-electron chi connectivity index (χ4n) is 1.83. The van der Waals surface area contributed by atoms with Crippen LogP contribution in [0.25, 0.3) is 11.4 Å². The molecule has 0 aliphatic heterocycles. The predicted molar refractivity (Wildman–Crippen MR) is 73.9 cm³/mol. The summed E-state index contributed by atoms with van der Waals surface area (Å²) in [5, 5.41) is 9.35. The molecule has 2 N–H and O–H groups in total. The third-order valence-electron chi connectivity index (χ3n) is 2.94. The summed E-state index contributed by atoms with van der Waals surface area (Å²) in [6.45, 7) is 4.39. The van der Waals surface area contributed by atoms with Gasteiger partial charge in [-0.1, -0.05) is 49.7 Å². The van der Waals surface area contributed by atoms with E-state index in [1.54, 1.807) is 0 Å². The molecule has 18 heavy (non-hydrogen) atoms. The standard InChI is InChI=1S/C14H17ClN2O/c1-9(2)10-3-5-11(6-4-10)14-16-12(7-8-18)13(15)17-14/h3-6,9,18H,7-8H2,1-2H3,(H,16,17). The third kappa shape index (κ3) is 2.74. The van der Waals surface area contributed by atoms with Gasteiger partial charge in [0.1, 0.15) is 5.82 Å². The van der Waals surface area contributed by atoms with Gasteiger partial charge in [-0.2, -0.15) is 0 Å². The lowest BCUT2D eigenvalue weighted by atomic mass is 10.0. The summed E-state index contributed by atoms with van der Waals surface area (Å²) >= 11 is 6.00. The Morgan fingerprint density at radius 1 is 1.28 bits per heavy atom. The molecule has 0 atom stereocenters. The van der Waals surface area contributed by atoms with Crippen molar-refractivity contribution in [3.05, 3.63) is 40.7 Å². The molecule has 96 valence electrons. The van der Waals surface area contributed by atoms with E-state index in [-0.39, 0.29) is 6.61 Å². The largest absolute Gasteiger partial charge is 0.396 e. The van der Waals surface area contributed by atoms with Crippen molar-refractivity contribution in [1.82, 2.24) is 9.97 Å². The van der Waals surface area contributed by atoms with Crippen molar-refractivity contribution in [1.29, 1.82) is 0 Å². The van der Waals surface area contributed by atoms with E-state index < -0.39 is 0 Å². The minimum Gasteiger partial charge on any atom is -0.396 e. The molecule has 0 spiro atoms. The average molecular weight is 265 g/mol. The Morgan fingerprint density at radius 2 is 1.94 bits per heavy atom. The van der Waals surface area contributed by atoms with E-state index in [1.165, 1.54) is 5.56 Å². The van der Waals surface area contributed by atoms with Crippen LogP contribution in [0.5, 0.6) is 0 Å². The highest BCUT2D eigenvalue weighted by atomic mass is 35.5. The van der Waals surface area contributed by atoms with Crippen LogP contribution in [0.1, 0.15) is 31.0 Å². The van der Waals surface area contributed by atoms with E-state index >= 15 is 0 Å². The number of aromatic amines is 1. The zero-order chi connectivity index (χ0) is 13.1. The highest BCUT2D eigenvalue weighted by Gasteiger charge is 2.09. The van der Waals surface area contributed by atoms with E-state index in [2.05, 4.69) is 35.9 Å². The second kappa shape index (κ2) is 5.55. The molecule has 1 aromatic heterocycles. The molecule has 2 aromatic rings. The maximum absolute atomic E-state index is 8.91. The number of benzene rings is 1. The number of aliphatic hydroxyl groups excluding tert-OH is 1. The molecule has 0 fully saturated rings. The van der Waals surface area contributed by atoms with Gasteiger partial charge in [0.25, 0.3) is 0 Å². The van der Waals surface area contributed by atoms with Crippen molar-refractivity contribution in [3.63, 3.8) is 0 Å². The van der Waals surface area contributed by atoms with Crippen molar-refractivity contribution < 1.29 is 5.11 Å². The Balaban J connectivity index is 2.28. The van der Waals surface area contributed by atoms with Gasteiger partial charge < -0.3 is 10.1 Å². The lowest BCUT2D eigenvalue weighted by molar-refractivity contribution is 0.298. The first-order valence-electron chi connectivity index (χ1n) is 6.07. The van der Waals surface area contributed by atoms with Crippen LogP contribution in [0.3, 0.4) is 0 Å². The second-order valence-electron chi connectivity index (χ2n) is 4.61. The van der Waals surface area contributed by atoms with Crippen molar-refractivity contribution in [2.45, 2.75) is 26.2 Å². The summed E-state index contributed by atoms with van der Waals surface area (Å²) in [7, 11) is 0. The number of rotatable bonds is 4. The Kier molecular flexibility index (Phi) is 4.04. The molecular formula is C14H17ClN2O. The summed E-state index contributed by atoms with van der Waals surface area (Å²) in [5.74, 6) is 1.27. The first kappa shape index (κ1) is 13.1. The molecule has 0 saturated carbocycles. The Labute approximate surface area is 112 Å². The molecule has 0 unspecified atom stereocenters. The average Bonchev–Trinajstić information content (AvgIpc) is 2.72. The second-order valence-corrected chi connectivity index (χ2v) is 4.96. The van der Waals surface area contributed by atoms with Crippen LogP contribution in [-0.4, -0.2) is 21.7 Å². The Bertz CT molecular complexity index is 517. The number of hydrogen-bond acceptors (Lipinski definition) is 2. The smallest absolute Gasteiger partial charge is 0.150 e. The molecular weight excluding hydrogens is 248 g/mol. The monoisotopic (exact) mass is 264 g/mol. The fourth-order valence-corrected chi connectivity index (χ4v) is 2.05. The lowest BCUT2D eigenvalue weighted by Gasteiger charge is -2.05. The summed E-state index contributed by atoms with van der Waals surface area (Å²) in [6.07, 6.45) is 0.496. The quantitative estimate of drug-likeness (QED) is 0.889. The topological polar surface area (TPSA) is 48.9 Å². The summed E-state index contributed by atoms with van der Waals surface area (Å²) in [6, 6.07) is 8.27. The van der Waals surface area contributed by atoms with Crippen LogP contribution in [0.4, 0.5) is 0 Å². The maximum atomic E-state index is 8.91. The van der Waals surface area contributed by atoms with Gasteiger partial charge in [-0.25, -0.2) is 4.98 Å². The van der Waals surface area contributed by atoms with E-state index in [1.807, 2.05) is 12.1 Å². The molecule has 0 amide bonds. The molecule has 4 heteroatoms. The van der Waals surface area contributed by atoms with Crippen LogP contribution >= 0.6 is 11.6 Å². The molecule has 2 rings (SSSR count). The number of halogens is 1. The number of aliphatic hydroxyl groups is 1. The van der Waals surface area contributed by atoms with Crippen molar-refractivity contribution >= 4 is 11.6 Å². The fraction of sp³-hybridized carbons (Fsp3) is 0.357. The molecule has 0 bridgehead atoms. The molecule has 0 radical (unpaired) electrons. The first-order valence-corrected chi connectivity index (χ1v) is 6.45.